The summed E-state index contributed by atoms with van der Waals surface area (Å²) in [7, 11) is 1.89. The number of hydrogen-bond acceptors (Lipinski definition) is 2. The lowest BCUT2D eigenvalue weighted by molar-refractivity contribution is -0.121. The van der Waals surface area contributed by atoms with Gasteiger partial charge in [0.25, 0.3) is 0 Å². The fraction of sp³-hybridized carbons (Fsp3) is 0.545. The maximum Gasteiger partial charge on any atom is 0.220 e. The number of aromatic nitrogens is 1. The normalized spacial score (nSPS) is 10.2. The van der Waals surface area contributed by atoms with Crippen LogP contribution in [-0.2, 0) is 11.3 Å². The van der Waals surface area contributed by atoms with E-state index in [2.05, 4.69) is 10.6 Å². The monoisotopic (exact) mass is 209 g/mol. The summed E-state index contributed by atoms with van der Waals surface area (Å²) in [4.78, 5) is 11.3. The molecule has 4 heteroatoms. The molecule has 0 bridgehead atoms. The highest BCUT2D eigenvalue weighted by molar-refractivity contribution is 5.75. The number of rotatable bonds is 7. The lowest BCUT2D eigenvalue weighted by Crippen LogP contribution is -2.27. The second kappa shape index (κ2) is 7.06. The van der Waals surface area contributed by atoms with Gasteiger partial charge < -0.3 is 15.2 Å². The number of nitrogens with zero attached hydrogens (tertiary/aromatic N) is 1. The van der Waals surface area contributed by atoms with Crippen molar-refractivity contribution in [2.75, 3.05) is 20.1 Å². The van der Waals surface area contributed by atoms with Crippen molar-refractivity contribution in [1.82, 2.24) is 15.2 Å². The summed E-state index contributed by atoms with van der Waals surface area (Å²) < 4.78 is 2.05. The molecule has 0 saturated carbocycles. The van der Waals surface area contributed by atoms with Crippen LogP contribution in [0.4, 0.5) is 0 Å². The second-order valence-corrected chi connectivity index (χ2v) is 3.48. The maximum absolute atomic E-state index is 11.3. The first-order valence-corrected chi connectivity index (χ1v) is 5.35. The van der Waals surface area contributed by atoms with Gasteiger partial charge in [0.1, 0.15) is 0 Å². The second-order valence-electron chi connectivity index (χ2n) is 3.48. The van der Waals surface area contributed by atoms with Crippen molar-refractivity contribution in [2.45, 2.75) is 19.4 Å². The third kappa shape index (κ3) is 5.22. The molecule has 0 radical (unpaired) electrons. The molecule has 2 N–H and O–H groups in total. The van der Waals surface area contributed by atoms with Gasteiger partial charge in [-0.05, 0) is 32.1 Å². The summed E-state index contributed by atoms with van der Waals surface area (Å²) >= 11 is 0. The zero-order chi connectivity index (χ0) is 10.9. The van der Waals surface area contributed by atoms with E-state index in [1.807, 2.05) is 36.1 Å². The van der Waals surface area contributed by atoms with E-state index in [1.165, 1.54) is 0 Å². The lowest BCUT2D eigenvalue weighted by atomic mass is 10.3. The molecular weight excluding hydrogens is 190 g/mol. The van der Waals surface area contributed by atoms with Crippen LogP contribution in [0.2, 0.25) is 0 Å². The van der Waals surface area contributed by atoms with Gasteiger partial charge in [0.05, 0.1) is 0 Å². The molecule has 4 nitrogen and oxygen atoms in total. The summed E-state index contributed by atoms with van der Waals surface area (Å²) in [6, 6.07) is 3.96. The van der Waals surface area contributed by atoms with Crippen molar-refractivity contribution < 1.29 is 4.79 Å². The minimum absolute atomic E-state index is 0.136. The predicted octanol–water partition coefficient (Wildman–Crippen LogP) is 0.604. The third-order valence-electron chi connectivity index (χ3n) is 2.19. The quantitative estimate of drug-likeness (QED) is 0.646. The van der Waals surface area contributed by atoms with Gasteiger partial charge in [0.15, 0.2) is 0 Å². The Morgan fingerprint density at radius 2 is 2.00 bits per heavy atom. The van der Waals surface area contributed by atoms with Crippen LogP contribution >= 0.6 is 0 Å². The average Bonchev–Trinajstić information content (AvgIpc) is 2.71. The molecule has 84 valence electrons. The minimum Gasteiger partial charge on any atom is -0.354 e. The Balaban J connectivity index is 2.02. The van der Waals surface area contributed by atoms with Crippen molar-refractivity contribution in [3.8, 4) is 0 Å². The van der Waals surface area contributed by atoms with Gasteiger partial charge in [-0.2, -0.15) is 0 Å². The van der Waals surface area contributed by atoms with Crippen molar-refractivity contribution in [3.63, 3.8) is 0 Å². The average molecular weight is 209 g/mol. The Morgan fingerprint density at radius 1 is 1.27 bits per heavy atom. The Hall–Kier alpha value is -1.29. The summed E-state index contributed by atoms with van der Waals surface area (Å²) in [5.41, 5.74) is 0. The van der Waals surface area contributed by atoms with Crippen molar-refractivity contribution in [3.05, 3.63) is 24.5 Å². The lowest BCUT2D eigenvalue weighted by Gasteiger charge is -2.05. The topological polar surface area (TPSA) is 46.1 Å². The number of amides is 1. The smallest absolute Gasteiger partial charge is 0.220 e. The molecule has 1 aromatic rings. The Labute approximate surface area is 90.7 Å². The molecule has 1 heterocycles. The van der Waals surface area contributed by atoms with Crippen LogP contribution in [0.1, 0.15) is 12.8 Å². The maximum atomic E-state index is 11.3. The van der Waals surface area contributed by atoms with Gasteiger partial charge >= 0.3 is 0 Å². The Morgan fingerprint density at radius 3 is 2.67 bits per heavy atom. The van der Waals surface area contributed by atoms with Crippen LogP contribution in [0, 0.1) is 0 Å². The number of hydrogen-bond donors (Lipinski definition) is 2. The van der Waals surface area contributed by atoms with Crippen LogP contribution in [0.15, 0.2) is 24.5 Å². The van der Waals surface area contributed by atoms with Gasteiger partial charge in [-0.25, -0.2) is 0 Å². The van der Waals surface area contributed by atoms with Crippen molar-refractivity contribution >= 4 is 5.91 Å². The molecule has 1 aromatic heterocycles. The van der Waals surface area contributed by atoms with Crippen molar-refractivity contribution in [2.24, 2.45) is 0 Å². The molecule has 1 rings (SSSR count). The van der Waals surface area contributed by atoms with E-state index in [4.69, 9.17) is 0 Å². The molecule has 0 aliphatic rings. The largest absolute Gasteiger partial charge is 0.354 e. The molecule has 0 aromatic carbocycles. The predicted molar refractivity (Wildman–Crippen MR) is 60.6 cm³/mol. The highest BCUT2D eigenvalue weighted by Crippen LogP contribution is 1.89. The standard InChI is InChI=1S/C11H19N3O/c1-12-6-4-5-11(15)13-7-10-14-8-2-3-9-14/h2-3,8-9,12H,4-7,10H2,1H3,(H,13,15). The summed E-state index contributed by atoms with van der Waals surface area (Å²) in [6.45, 7) is 2.43. The SMILES string of the molecule is CNCCCC(=O)NCCn1cccc1. The first kappa shape index (κ1) is 11.8. The van der Waals surface area contributed by atoms with Crippen LogP contribution in [0.5, 0.6) is 0 Å². The van der Waals surface area contributed by atoms with Gasteiger partial charge in [0, 0.05) is 31.9 Å². The summed E-state index contributed by atoms with van der Waals surface area (Å²) in [5, 5.41) is 5.91. The Bertz CT molecular complexity index is 269. The summed E-state index contributed by atoms with van der Waals surface area (Å²) in [6.07, 6.45) is 5.48. The van der Waals surface area contributed by atoms with Crippen molar-refractivity contribution in [1.29, 1.82) is 0 Å². The van der Waals surface area contributed by atoms with E-state index in [1.54, 1.807) is 0 Å². The summed E-state index contributed by atoms with van der Waals surface area (Å²) in [5.74, 6) is 0.136. The molecule has 0 atom stereocenters. The zero-order valence-corrected chi connectivity index (χ0v) is 9.20. The first-order chi connectivity index (χ1) is 7.33. The van der Waals surface area contributed by atoms with E-state index in [0.29, 0.717) is 13.0 Å². The Kier molecular flexibility index (Phi) is 5.55. The zero-order valence-electron chi connectivity index (χ0n) is 9.20. The molecule has 0 aliphatic carbocycles. The molecule has 0 unspecified atom stereocenters. The highest BCUT2D eigenvalue weighted by Gasteiger charge is 1.99. The third-order valence-corrected chi connectivity index (χ3v) is 2.19. The molecule has 0 spiro atoms. The van der Waals surface area contributed by atoms with E-state index in [9.17, 15) is 4.79 Å². The van der Waals surface area contributed by atoms with Crippen LogP contribution < -0.4 is 10.6 Å². The number of nitrogens with one attached hydrogen (secondary N) is 2. The van der Waals surface area contributed by atoms with Crippen LogP contribution in [-0.4, -0.2) is 30.6 Å². The van der Waals surface area contributed by atoms with Gasteiger partial charge in [0.2, 0.25) is 5.91 Å². The van der Waals surface area contributed by atoms with E-state index in [-0.39, 0.29) is 5.91 Å². The van der Waals surface area contributed by atoms with E-state index < -0.39 is 0 Å². The minimum atomic E-state index is 0.136. The molecule has 15 heavy (non-hydrogen) atoms. The highest BCUT2D eigenvalue weighted by atomic mass is 16.1. The first-order valence-electron chi connectivity index (χ1n) is 5.35. The van der Waals surface area contributed by atoms with Gasteiger partial charge in [-0.3, -0.25) is 4.79 Å². The molecule has 0 fully saturated rings. The molecule has 0 aliphatic heterocycles. The fourth-order valence-corrected chi connectivity index (χ4v) is 1.36. The van der Waals surface area contributed by atoms with Crippen LogP contribution in [0.3, 0.4) is 0 Å². The van der Waals surface area contributed by atoms with Gasteiger partial charge in [-0.15, -0.1) is 0 Å². The van der Waals surface area contributed by atoms with E-state index in [0.717, 1.165) is 19.5 Å². The van der Waals surface area contributed by atoms with E-state index >= 15 is 0 Å². The number of carbonyl (C=O) groups excluding carboxylic acids is 1. The molecule has 0 saturated heterocycles. The van der Waals surface area contributed by atoms with Crippen LogP contribution in [0.25, 0.3) is 0 Å². The molecular formula is C11H19N3O. The van der Waals surface area contributed by atoms with Gasteiger partial charge in [-0.1, -0.05) is 0 Å². The fourth-order valence-electron chi connectivity index (χ4n) is 1.36. The molecule has 1 amide bonds. The number of carbonyl (C=O) groups is 1.